The number of imidazole rings is 1. The molecule has 3 N–H and O–H groups in total. The van der Waals surface area contributed by atoms with Gasteiger partial charge in [-0.2, -0.15) is 0 Å². The SMILES string of the molecule is O=C(O)C[C@@H](NC(=O)c1ncnc2nc[nH]c12)c1ccc(Br)cc1. The van der Waals surface area contributed by atoms with Crippen LogP contribution in [0.5, 0.6) is 0 Å². The number of H-pyrrole nitrogens is 1. The van der Waals surface area contributed by atoms with Gasteiger partial charge in [0.15, 0.2) is 11.3 Å². The molecule has 9 heteroatoms. The summed E-state index contributed by atoms with van der Waals surface area (Å²) in [6, 6.07) is 6.39. The smallest absolute Gasteiger partial charge is 0.305 e. The summed E-state index contributed by atoms with van der Waals surface area (Å²) < 4.78 is 0.863. The number of carboxylic acids is 1. The van der Waals surface area contributed by atoms with Gasteiger partial charge in [-0.15, -0.1) is 0 Å². The Hall–Kier alpha value is -2.81. The van der Waals surface area contributed by atoms with E-state index in [9.17, 15) is 9.59 Å². The molecule has 0 aliphatic rings. The van der Waals surface area contributed by atoms with Crippen LogP contribution in [0.4, 0.5) is 0 Å². The third-order valence-electron chi connectivity index (χ3n) is 3.39. The maximum absolute atomic E-state index is 12.5. The number of halogens is 1. The van der Waals surface area contributed by atoms with E-state index in [4.69, 9.17) is 5.11 Å². The number of nitrogens with one attached hydrogen (secondary N) is 2. The normalized spacial score (nSPS) is 12.0. The molecule has 1 atom stereocenters. The molecular formula is C15H12BrN5O3. The Labute approximate surface area is 144 Å². The van der Waals surface area contributed by atoms with Gasteiger partial charge in [-0.3, -0.25) is 9.59 Å². The number of carbonyl (C=O) groups excluding carboxylic acids is 1. The van der Waals surface area contributed by atoms with E-state index in [2.05, 4.69) is 41.2 Å². The van der Waals surface area contributed by atoms with Gasteiger partial charge in [0, 0.05) is 4.47 Å². The number of fused-ring (bicyclic) bond motifs is 1. The number of rotatable bonds is 5. The van der Waals surface area contributed by atoms with Gasteiger partial charge in [0.25, 0.3) is 5.91 Å². The fourth-order valence-electron chi connectivity index (χ4n) is 2.29. The van der Waals surface area contributed by atoms with Crippen molar-refractivity contribution in [3.63, 3.8) is 0 Å². The number of benzene rings is 1. The Morgan fingerprint density at radius 3 is 2.67 bits per heavy atom. The average Bonchev–Trinajstić information content (AvgIpc) is 3.03. The van der Waals surface area contributed by atoms with Crippen LogP contribution < -0.4 is 5.32 Å². The molecule has 8 nitrogen and oxygen atoms in total. The van der Waals surface area contributed by atoms with Crippen molar-refractivity contribution < 1.29 is 14.7 Å². The summed E-state index contributed by atoms with van der Waals surface area (Å²) in [5, 5.41) is 11.8. The number of hydrogen-bond donors (Lipinski definition) is 3. The second-order valence-corrected chi connectivity index (χ2v) is 5.91. The second kappa shape index (κ2) is 6.75. The summed E-state index contributed by atoms with van der Waals surface area (Å²) in [5.74, 6) is -1.52. The van der Waals surface area contributed by atoms with Crippen LogP contribution in [0, 0.1) is 0 Å². The molecule has 24 heavy (non-hydrogen) atoms. The largest absolute Gasteiger partial charge is 0.481 e. The maximum atomic E-state index is 12.5. The number of amides is 1. The predicted molar refractivity (Wildman–Crippen MR) is 88.3 cm³/mol. The van der Waals surface area contributed by atoms with E-state index in [-0.39, 0.29) is 12.1 Å². The van der Waals surface area contributed by atoms with Gasteiger partial charge in [-0.05, 0) is 17.7 Å². The molecular weight excluding hydrogens is 378 g/mol. The quantitative estimate of drug-likeness (QED) is 0.613. The van der Waals surface area contributed by atoms with Crippen molar-refractivity contribution in [1.29, 1.82) is 0 Å². The van der Waals surface area contributed by atoms with E-state index in [0.29, 0.717) is 16.7 Å². The van der Waals surface area contributed by atoms with Crippen molar-refractivity contribution in [1.82, 2.24) is 25.3 Å². The van der Waals surface area contributed by atoms with Crippen LogP contribution in [0.1, 0.15) is 28.5 Å². The second-order valence-electron chi connectivity index (χ2n) is 5.00. The Morgan fingerprint density at radius 2 is 1.96 bits per heavy atom. The molecule has 0 fully saturated rings. The first-order valence-corrected chi connectivity index (χ1v) is 7.76. The van der Waals surface area contributed by atoms with Crippen molar-refractivity contribution in [3.05, 3.63) is 52.7 Å². The highest BCUT2D eigenvalue weighted by atomic mass is 79.9. The predicted octanol–water partition coefficient (Wildman–Crippen LogP) is 2.06. The molecule has 1 amide bonds. The van der Waals surface area contributed by atoms with E-state index in [1.807, 2.05) is 0 Å². The zero-order chi connectivity index (χ0) is 17.1. The standard InChI is InChI=1S/C15H12BrN5O3/c16-9-3-1-8(2-4-9)10(5-11(22)23)21-15(24)13-12-14(19-6-17-12)20-7-18-13/h1-4,6-7,10H,5H2,(H,21,24)(H,22,23)(H,17,18,19,20)/t10-/m1/s1. The Kier molecular flexibility index (Phi) is 4.52. The summed E-state index contributed by atoms with van der Waals surface area (Å²) in [4.78, 5) is 38.4. The van der Waals surface area contributed by atoms with Gasteiger partial charge in [0.2, 0.25) is 0 Å². The van der Waals surface area contributed by atoms with Crippen molar-refractivity contribution in [2.75, 3.05) is 0 Å². The lowest BCUT2D eigenvalue weighted by atomic mass is 10.0. The highest BCUT2D eigenvalue weighted by Gasteiger charge is 2.21. The molecule has 1 aromatic carbocycles. The number of nitrogens with zero attached hydrogens (tertiary/aromatic N) is 3. The first-order chi connectivity index (χ1) is 11.5. The van der Waals surface area contributed by atoms with Gasteiger partial charge in [-0.1, -0.05) is 28.1 Å². The summed E-state index contributed by atoms with van der Waals surface area (Å²) >= 11 is 3.32. The Morgan fingerprint density at radius 1 is 1.21 bits per heavy atom. The van der Waals surface area contributed by atoms with Crippen molar-refractivity contribution in [3.8, 4) is 0 Å². The minimum absolute atomic E-state index is 0.116. The lowest BCUT2D eigenvalue weighted by Crippen LogP contribution is -2.31. The minimum Gasteiger partial charge on any atom is -0.481 e. The molecule has 0 aliphatic heterocycles. The third kappa shape index (κ3) is 3.40. The topological polar surface area (TPSA) is 121 Å². The lowest BCUT2D eigenvalue weighted by Gasteiger charge is -2.17. The molecule has 0 saturated heterocycles. The monoisotopic (exact) mass is 389 g/mol. The maximum Gasteiger partial charge on any atom is 0.305 e. The Balaban J connectivity index is 1.89. The van der Waals surface area contributed by atoms with Crippen LogP contribution >= 0.6 is 15.9 Å². The van der Waals surface area contributed by atoms with E-state index >= 15 is 0 Å². The number of carbonyl (C=O) groups is 2. The van der Waals surface area contributed by atoms with Gasteiger partial charge < -0.3 is 15.4 Å². The van der Waals surface area contributed by atoms with E-state index in [1.54, 1.807) is 24.3 Å². The van der Waals surface area contributed by atoms with E-state index in [0.717, 1.165) is 4.47 Å². The summed E-state index contributed by atoms with van der Waals surface area (Å²) in [6.45, 7) is 0. The van der Waals surface area contributed by atoms with Crippen molar-refractivity contribution in [2.45, 2.75) is 12.5 Å². The van der Waals surface area contributed by atoms with Gasteiger partial charge >= 0.3 is 5.97 Å². The number of aliphatic carboxylic acids is 1. The third-order valence-corrected chi connectivity index (χ3v) is 3.92. The molecule has 0 radical (unpaired) electrons. The highest BCUT2D eigenvalue weighted by molar-refractivity contribution is 9.10. The molecule has 0 bridgehead atoms. The minimum atomic E-state index is -1.02. The lowest BCUT2D eigenvalue weighted by molar-refractivity contribution is -0.137. The number of aromatic nitrogens is 4. The van der Waals surface area contributed by atoms with E-state index in [1.165, 1.54) is 12.7 Å². The van der Waals surface area contributed by atoms with Crippen LogP contribution in [0.2, 0.25) is 0 Å². The molecule has 0 aliphatic carbocycles. The Bertz CT molecular complexity index is 894. The van der Waals surface area contributed by atoms with Crippen molar-refractivity contribution in [2.24, 2.45) is 0 Å². The number of carboxylic acid groups (broad SMARTS) is 1. The summed E-state index contributed by atoms with van der Waals surface area (Å²) in [5.41, 5.74) is 1.57. The van der Waals surface area contributed by atoms with E-state index < -0.39 is 17.9 Å². The number of hydrogen-bond acceptors (Lipinski definition) is 5. The molecule has 2 heterocycles. The number of aromatic amines is 1. The molecule has 3 rings (SSSR count). The van der Waals surface area contributed by atoms with Crippen LogP contribution in [-0.4, -0.2) is 36.9 Å². The van der Waals surface area contributed by atoms with Crippen LogP contribution in [-0.2, 0) is 4.79 Å². The zero-order valence-electron chi connectivity index (χ0n) is 12.2. The van der Waals surface area contributed by atoms with Crippen LogP contribution in [0.3, 0.4) is 0 Å². The molecule has 0 saturated carbocycles. The first-order valence-electron chi connectivity index (χ1n) is 6.97. The summed E-state index contributed by atoms with van der Waals surface area (Å²) in [6.07, 6.45) is 2.41. The summed E-state index contributed by atoms with van der Waals surface area (Å²) in [7, 11) is 0. The molecule has 2 aromatic heterocycles. The van der Waals surface area contributed by atoms with Gasteiger partial charge in [0.05, 0.1) is 18.8 Å². The van der Waals surface area contributed by atoms with Gasteiger partial charge in [0.1, 0.15) is 11.8 Å². The first kappa shape index (κ1) is 16.1. The molecule has 0 spiro atoms. The fourth-order valence-corrected chi connectivity index (χ4v) is 2.55. The van der Waals surface area contributed by atoms with Crippen molar-refractivity contribution >= 4 is 39.0 Å². The highest BCUT2D eigenvalue weighted by Crippen LogP contribution is 2.21. The molecule has 122 valence electrons. The average molecular weight is 390 g/mol. The molecule has 3 aromatic rings. The van der Waals surface area contributed by atoms with Crippen LogP contribution in [0.15, 0.2) is 41.4 Å². The van der Waals surface area contributed by atoms with Crippen LogP contribution in [0.25, 0.3) is 11.2 Å². The zero-order valence-corrected chi connectivity index (χ0v) is 13.8. The fraction of sp³-hybridized carbons (Fsp3) is 0.133. The van der Waals surface area contributed by atoms with Gasteiger partial charge in [-0.25, -0.2) is 15.0 Å². The molecule has 0 unspecified atom stereocenters.